The molecule has 1 heterocycles. The molecule has 0 aliphatic rings. The van der Waals surface area contributed by atoms with Gasteiger partial charge in [0.05, 0.1) is 11.0 Å². The van der Waals surface area contributed by atoms with Crippen molar-refractivity contribution in [3.05, 3.63) is 30.6 Å². The van der Waals surface area contributed by atoms with Crippen LogP contribution in [0.5, 0.6) is 0 Å². The molecule has 0 aliphatic carbocycles. The zero-order chi connectivity index (χ0) is 14.6. The molecule has 6 heteroatoms. The Kier molecular flexibility index (Phi) is 4.42. The Morgan fingerprint density at radius 2 is 1.85 bits per heavy atom. The Hall–Kier alpha value is -1.85. The number of fused-ring (bicyclic) bond motifs is 1. The average Bonchev–Trinajstić information content (AvgIpc) is 2.37. The van der Waals surface area contributed by atoms with E-state index in [1.807, 2.05) is 25.1 Å². The molecule has 1 atom stereocenters. The van der Waals surface area contributed by atoms with Gasteiger partial charge < -0.3 is 5.32 Å². The molecule has 20 heavy (non-hydrogen) atoms. The smallest absolute Gasteiger partial charge is 0.383 e. The summed E-state index contributed by atoms with van der Waals surface area (Å²) < 4.78 is 36.2. The zero-order valence-corrected chi connectivity index (χ0v) is 11.1. The summed E-state index contributed by atoms with van der Waals surface area (Å²) in [6.07, 6.45) is -0.975. The Labute approximate surface area is 115 Å². The van der Waals surface area contributed by atoms with E-state index in [0.29, 0.717) is 6.42 Å². The minimum Gasteiger partial charge on any atom is -0.383 e. The SMILES string of the molecule is CC(CCCC(F)(F)F)Nc1ccc2nccnc2c1. The second kappa shape index (κ2) is 6.07. The van der Waals surface area contributed by atoms with E-state index >= 15 is 0 Å². The molecule has 0 amide bonds. The van der Waals surface area contributed by atoms with Crippen LogP contribution in [0.1, 0.15) is 26.2 Å². The lowest BCUT2D eigenvalue weighted by Crippen LogP contribution is -2.16. The third kappa shape index (κ3) is 4.36. The summed E-state index contributed by atoms with van der Waals surface area (Å²) in [6.45, 7) is 1.87. The quantitative estimate of drug-likeness (QED) is 0.895. The van der Waals surface area contributed by atoms with Crippen LogP contribution in [-0.2, 0) is 0 Å². The fourth-order valence-electron chi connectivity index (χ4n) is 2.02. The molecule has 1 unspecified atom stereocenters. The van der Waals surface area contributed by atoms with E-state index in [1.165, 1.54) is 0 Å². The number of alkyl halides is 3. The van der Waals surface area contributed by atoms with E-state index in [4.69, 9.17) is 0 Å². The van der Waals surface area contributed by atoms with Gasteiger partial charge in [-0.05, 0) is 38.0 Å². The van der Waals surface area contributed by atoms with Gasteiger partial charge in [-0.2, -0.15) is 13.2 Å². The van der Waals surface area contributed by atoms with Crippen molar-refractivity contribution in [2.45, 2.75) is 38.4 Å². The highest BCUT2D eigenvalue weighted by Gasteiger charge is 2.26. The summed E-state index contributed by atoms with van der Waals surface area (Å²) in [6, 6.07) is 5.53. The molecule has 0 fully saturated rings. The van der Waals surface area contributed by atoms with Gasteiger partial charge in [-0.3, -0.25) is 9.97 Å². The van der Waals surface area contributed by atoms with Gasteiger partial charge in [0.1, 0.15) is 0 Å². The third-order valence-electron chi connectivity index (χ3n) is 2.98. The molecule has 108 valence electrons. The molecule has 3 nitrogen and oxygen atoms in total. The lowest BCUT2D eigenvalue weighted by molar-refractivity contribution is -0.135. The van der Waals surface area contributed by atoms with Gasteiger partial charge in [-0.25, -0.2) is 0 Å². The van der Waals surface area contributed by atoms with Crippen LogP contribution in [0.2, 0.25) is 0 Å². The van der Waals surface area contributed by atoms with Crippen molar-refractivity contribution in [1.29, 1.82) is 0 Å². The molecule has 0 spiro atoms. The maximum Gasteiger partial charge on any atom is 0.389 e. The van der Waals surface area contributed by atoms with E-state index in [0.717, 1.165) is 16.7 Å². The van der Waals surface area contributed by atoms with Crippen molar-refractivity contribution in [1.82, 2.24) is 9.97 Å². The molecule has 1 N–H and O–H groups in total. The van der Waals surface area contributed by atoms with Gasteiger partial charge in [0.2, 0.25) is 0 Å². The fraction of sp³-hybridized carbons (Fsp3) is 0.429. The maximum atomic E-state index is 12.1. The molecule has 1 aromatic heterocycles. The molecule has 0 saturated carbocycles. The van der Waals surface area contributed by atoms with Crippen LogP contribution in [0.25, 0.3) is 11.0 Å². The maximum absolute atomic E-state index is 12.1. The Morgan fingerprint density at radius 3 is 2.55 bits per heavy atom. The molecule has 0 saturated heterocycles. The largest absolute Gasteiger partial charge is 0.389 e. The first-order valence-electron chi connectivity index (χ1n) is 6.48. The summed E-state index contributed by atoms with van der Waals surface area (Å²) in [5.41, 5.74) is 2.40. The lowest BCUT2D eigenvalue weighted by atomic mass is 10.1. The fourth-order valence-corrected chi connectivity index (χ4v) is 2.02. The van der Waals surface area contributed by atoms with Gasteiger partial charge in [0.25, 0.3) is 0 Å². The predicted octanol–water partition coefficient (Wildman–Crippen LogP) is 4.16. The number of hydrogen-bond donors (Lipinski definition) is 1. The van der Waals surface area contributed by atoms with Crippen molar-refractivity contribution in [3.63, 3.8) is 0 Å². The minimum atomic E-state index is -4.07. The normalized spacial score (nSPS) is 13.4. The van der Waals surface area contributed by atoms with Gasteiger partial charge in [0, 0.05) is 30.5 Å². The number of nitrogens with one attached hydrogen (secondary N) is 1. The highest BCUT2D eigenvalue weighted by atomic mass is 19.4. The molecule has 2 rings (SSSR count). The zero-order valence-electron chi connectivity index (χ0n) is 11.1. The number of rotatable bonds is 5. The summed E-state index contributed by atoms with van der Waals surface area (Å²) in [4.78, 5) is 8.36. The molecule has 0 bridgehead atoms. The topological polar surface area (TPSA) is 37.8 Å². The number of nitrogens with zero attached hydrogens (tertiary/aromatic N) is 2. The van der Waals surface area contributed by atoms with Gasteiger partial charge >= 0.3 is 6.18 Å². The van der Waals surface area contributed by atoms with Crippen molar-refractivity contribution in [2.24, 2.45) is 0 Å². The standard InChI is InChI=1S/C14H16F3N3/c1-10(3-2-6-14(15,16)17)20-11-4-5-12-13(9-11)19-8-7-18-12/h4-5,7-10,20H,2-3,6H2,1H3. The van der Waals surface area contributed by atoms with E-state index in [1.54, 1.807) is 12.4 Å². The van der Waals surface area contributed by atoms with Crippen LogP contribution in [0, 0.1) is 0 Å². The average molecular weight is 283 g/mol. The monoisotopic (exact) mass is 283 g/mol. The Balaban J connectivity index is 1.91. The first kappa shape index (κ1) is 14.6. The number of halogens is 3. The van der Waals surface area contributed by atoms with Gasteiger partial charge in [0.15, 0.2) is 0 Å². The predicted molar refractivity (Wildman–Crippen MR) is 72.5 cm³/mol. The van der Waals surface area contributed by atoms with Crippen LogP contribution < -0.4 is 5.32 Å². The third-order valence-corrected chi connectivity index (χ3v) is 2.98. The second-order valence-corrected chi connectivity index (χ2v) is 4.81. The molecule has 1 aromatic carbocycles. The van der Waals surface area contributed by atoms with Crippen molar-refractivity contribution in [2.75, 3.05) is 5.32 Å². The summed E-state index contributed by atoms with van der Waals surface area (Å²) in [5, 5.41) is 3.19. The van der Waals surface area contributed by atoms with Crippen molar-refractivity contribution < 1.29 is 13.2 Å². The highest BCUT2D eigenvalue weighted by molar-refractivity contribution is 5.78. The Bertz CT molecular complexity index is 569. The first-order valence-corrected chi connectivity index (χ1v) is 6.48. The molecular weight excluding hydrogens is 267 g/mol. The van der Waals surface area contributed by atoms with Crippen LogP contribution in [-0.4, -0.2) is 22.2 Å². The van der Waals surface area contributed by atoms with E-state index < -0.39 is 12.6 Å². The first-order chi connectivity index (χ1) is 9.44. The number of hydrogen-bond acceptors (Lipinski definition) is 3. The van der Waals surface area contributed by atoms with E-state index in [9.17, 15) is 13.2 Å². The molecule has 2 aromatic rings. The number of anilines is 1. The molecular formula is C14H16F3N3. The summed E-state index contributed by atoms with van der Waals surface area (Å²) in [7, 11) is 0. The van der Waals surface area contributed by atoms with Gasteiger partial charge in [-0.15, -0.1) is 0 Å². The number of benzene rings is 1. The van der Waals surface area contributed by atoms with Crippen LogP contribution >= 0.6 is 0 Å². The van der Waals surface area contributed by atoms with E-state index in [2.05, 4.69) is 15.3 Å². The van der Waals surface area contributed by atoms with Crippen molar-refractivity contribution in [3.8, 4) is 0 Å². The highest BCUT2D eigenvalue weighted by Crippen LogP contribution is 2.23. The second-order valence-electron chi connectivity index (χ2n) is 4.81. The van der Waals surface area contributed by atoms with Crippen molar-refractivity contribution >= 4 is 16.7 Å². The van der Waals surface area contributed by atoms with Crippen LogP contribution in [0.15, 0.2) is 30.6 Å². The van der Waals surface area contributed by atoms with Crippen LogP contribution in [0.4, 0.5) is 18.9 Å². The minimum absolute atomic E-state index is 0.0218. The molecule has 0 aliphatic heterocycles. The Morgan fingerprint density at radius 1 is 1.15 bits per heavy atom. The summed E-state index contributed by atoms with van der Waals surface area (Å²) >= 11 is 0. The van der Waals surface area contributed by atoms with Crippen LogP contribution in [0.3, 0.4) is 0 Å². The number of aromatic nitrogens is 2. The summed E-state index contributed by atoms with van der Waals surface area (Å²) in [5.74, 6) is 0. The van der Waals surface area contributed by atoms with Gasteiger partial charge in [-0.1, -0.05) is 0 Å². The van der Waals surface area contributed by atoms with E-state index in [-0.39, 0.29) is 12.5 Å². The molecule has 0 radical (unpaired) electrons. The lowest BCUT2D eigenvalue weighted by Gasteiger charge is -2.16.